The molecule has 10 heteroatoms. The number of pyridine rings is 1. The number of hydrogen-bond donors (Lipinski definition) is 3. The number of aromatic amines is 1. The minimum absolute atomic E-state index is 0.00680. The summed E-state index contributed by atoms with van der Waals surface area (Å²) < 4.78 is 15.3. The van der Waals surface area contributed by atoms with Crippen LogP contribution in [0.2, 0.25) is 0 Å². The van der Waals surface area contributed by atoms with Crippen LogP contribution < -0.4 is 11.0 Å². The minimum atomic E-state index is -0.568. The molecule has 0 bridgehead atoms. The number of carbonyl (C=O) groups excluding carboxylic acids is 1. The third kappa shape index (κ3) is 7.72. The number of piperidine rings is 1. The van der Waals surface area contributed by atoms with Gasteiger partial charge in [-0.15, -0.1) is 0 Å². The van der Waals surface area contributed by atoms with Crippen LogP contribution >= 0.6 is 0 Å². The van der Waals surface area contributed by atoms with Gasteiger partial charge in [0.1, 0.15) is 0 Å². The molecule has 3 atom stereocenters. The summed E-state index contributed by atoms with van der Waals surface area (Å²) in [5.41, 5.74) is 8.23. The fourth-order valence-electron chi connectivity index (χ4n) is 7.67. The highest BCUT2D eigenvalue weighted by molar-refractivity contribution is 5.93. The summed E-state index contributed by atoms with van der Waals surface area (Å²) in [5, 5.41) is 12.6. The van der Waals surface area contributed by atoms with Gasteiger partial charge in [0.05, 0.1) is 35.4 Å². The average molecular weight is 710 g/mol. The molecule has 53 heavy (non-hydrogen) atoms. The number of nitrogens with one attached hydrogen (secondary N) is 2. The van der Waals surface area contributed by atoms with Gasteiger partial charge in [-0.05, 0) is 64.9 Å². The van der Waals surface area contributed by atoms with Crippen molar-refractivity contribution in [3.05, 3.63) is 160 Å². The van der Waals surface area contributed by atoms with Crippen molar-refractivity contribution >= 4 is 16.9 Å². The van der Waals surface area contributed by atoms with Gasteiger partial charge in [0.15, 0.2) is 6.29 Å². The van der Waals surface area contributed by atoms with Crippen LogP contribution in [0.1, 0.15) is 70.3 Å². The molecular formula is C43H43N5O5. The van der Waals surface area contributed by atoms with Gasteiger partial charge in [-0.3, -0.25) is 14.3 Å². The van der Waals surface area contributed by atoms with E-state index in [1.807, 2.05) is 71.3 Å². The monoisotopic (exact) mass is 709 g/mol. The number of rotatable bonds is 10. The molecule has 0 saturated carbocycles. The van der Waals surface area contributed by atoms with E-state index in [9.17, 15) is 14.7 Å². The van der Waals surface area contributed by atoms with Crippen molar-refractivity contribution in [2.45, 2.75) is 57.0 Å². The van der Waals surface area contributed by atoms with Crippen LogP contribution in [0.5, 0.6) is 0 Å². The zero-order valence-electron chi connectivity index (χ0n) is 29.4. The number of aliphatic hydroxyl groups excluding tert-OH is 1. The highest BCUT2D eigenvalue weighted by atomic mass is 16.7. The lowest BCUT2D eigenvalue weighted by atomic mass is 9.97. The first-order valence-corrected chi connectivity index (χ1v) is 18.3. The molecule has 4 heterocycles. The maximum absolute atomic E-state index is 12.9. The Labute approximate surface area is 308 Å². The lowest BCUT2D eigenvalue weighted by Crippen LogP contribution is -2.43. The molecule has 270 valence electrons. The number of ether oxygens (including phenoxy) is 2. The average Bonchev–Trinajstić information content (AvgIpc) is 3.56. The van der Waals surface area contributed by atoms with E-state index in [1.54, 1.807) is 24.5 Å². The molecule has 0 spiro atoms. The van der Waals surface area contributed by atoms with Crippen LogP contribution in [0, 0.1) is 0 Å². The number of benzene rings is 4. The van der Waals surface area contributed by atoms with Crippen molar-refractivity contribution < 1.29 is 19.4 Å². The molecule has 2 aliphatic rings. The number of nitrogens with zero attached hydrogens (tertiary/aromatic N) is 3. The Hall–Kier alpha value is -5.39. The van der Waals surface area contributed by atoms with Crippen LogP contribution in [-0.4, -0.2) is 56.2 Å². The van der Waals surface area contributed by atoms with Gasteiger partial charge < -0.3 is 29.8 Å². The summed E-state index contributed by atoms with van der Waals surface area (Å²) >= 11 is 0. The molecule has 6 aromatic rings. The number of amides is 1. The molecule has 0 radical (unpaired) electrons. The predicted molar refractivity (Wildman–Crippen MR) is 203 cm³/mol. The molecular weight excluding hydrogens is 667 g/mol. The van der Waals surface area contributed by atoms with E-state index in [-0.39, 0.29) is 36.5 Å². The molecule has 3 unspecified atom stereocenters. The van der Waals surface area contributed by atoms with Crippen LogP contribution in [0.3, 0.4) is 0 Å². The second-order valence-corrected chi connectivity index (χ2v) is 13.9. The van der Waals surface area contributed by atoms with Crippen molar-refractivity contribution in [1.29, 1.82) is 0 Å². The number of H-pyrrole nitrogens is 1. The predicted octanol–water partition coefficient (Wildman–Crippen LogP) is 6.70. The summed E-state index contributed by atoms with van der Waals surface area (Å²) in [6.45, 7) is 2.88. The Balaban J connectivity index is 0.970. The van der Waals surface area contributed by atoms with E-state index >= 15 is 0 Å². The number of para-hydroxylation sites is 2. The highest BCUT2D eigenvalue weighted by Gasteiger charge is 2.34. The van der Waals surface area contributed by atoms with Crippen LogP contribution in [-0.2, 0) is 22.6 Å². The van der Waals surface area contributed by atoms with Crippen molar-refractivity contribution in [2.75, 3.05) is 19.6 Å². The third-order valence-corrected chi connectivity index (χ3v) is 10.5. The number of imidazole rings is 1. The Bertz CT molecular complexity index is 2210. The first-order chi connectivity index (χ1) is 26.0. The third-order valence-electron chi connectivity index (χ3n) is 10.5. The van der Waals surface area contributed by atoms with E-state index < -0.39 is 6.29 Å². The van der Waals surface area contributed by atoms with Crippen molar-refractivity contribution in [2.24, 2.45) is 0 Å². The van der Waals surface area contributed by atoms with Gasteiger partial charge >= 0.3 is 5.69 Å². The molecule has 4 aromatic carbocycles. The summed E-state index contributed by atoms with van der Waals surface area (Å²) in [6, 6.07) is 35.9. The normalized spacial score (nSPS) is 19.7. The van der Waals surface area contributed by atoms with Gasteiger partial charge in [0.25, 0.3) is 5.91 Å². The minimum Gasteiger partial charge on any atom is -0.392 e. The zero-order valence-corrected chi connectivity index (χ0v) is 29.4. The van der Waals surface area contributed by atoms with Gasteiger partial charge in [0.2, 0.25) is 0 Å². The zero-order chi connectivity index (χ0) is 36.1. The van der Waals surface area contributed by atoms with E-state index in [0.29, 0.717) is 18.5 Å². The molecule has 2 aromatic heterocycles. The van der Waals surface area contributed by atoms with E-state index in [4.69, 9.17) is 9.47 Å². The molecule has 3 N–H and O–H groups in total. The number of hydrogen-bond acceptors (Lipinski definition) is 7. The summed E-state index contributed by atoms with van der Waals surface area (Å²) in [7, 11) is 0. The second-order valence-electron chi connectivity index (χ2n) is 13.9. The molecule has 2 fully saturated rings. The Morgan fingerprint density at radius 1 is 0.868 bits per heavy atom. The number of carbonyl (C=O) groups is 1. The Morgan fingerprint density at radius 3 is 2.40 bits per heavy atom. The molecule has 2 saturated heterocycles. The van der Waals surface area contributed by atoms with E-state index in [0.717, 1.165) is 76.9 Å². The largest absolute Gasteiger partial charge is 0.392 e. The first-order valence-electron chi connectivity index (χ1n) is 18.3. The lowest BCUT2D eigenvalue weighted by molar-refractivity contribution is -0.253. The quantitative estimate of drug-likeness (QED) is 0.145. The van der Waals surface area contributed by atoms with Gasteiger partial charge in [-0.25, -0.2) is 4.79 Å². The first kappa shape index (κ1) is 34.7. The maximum Gasteiger partial charge on any atom is 0.326 e. The van der Waals surface area contributed by atoms with Crippen LogP contribution in [0.15, 0.2) is 126 Å². The summed E-state index contributed by atoms with van der Waals surface area (Å²) in [6.07, 6.45) is 4.86. The van der Waals surface area contributed by atoms with Crippen molar-refractivity contribution in [3.63, 3.8) is 0 Å². The number of aliphatic hydroxyl groups is 1. The fourth-order valence-corrected chi connectivity index (χ4v) is 7.67. The molecule has 2 aliphatic heterocycles. The fraction of sp³-hybridized carbons (Fsp3) is 0.279. The Kier molecular flexibility index (Phi) is 10.3. The second kappa shape index (κ2) is 15.7. The molecule has 0 aliphatic carbocycles. The Morgan fingerprint density at radius 2 is 1.62 bits per heavy atom. The SMILES string of the molecule is O=C(NCc1ccccc1-c1ccc(C2OC(CN3CCC(n4c(=O)[nH]c5ccccc54)CC3)CC(c3ccc(CO)cc3)O2)cc1)c1cccnc1. The standard InChI is InChI=1S/C43H43N5O5/c49-28-29-11-13-31(14-12-29)40-24-36(27-47-22-19-35(20-23-47)48-39-10-4-3-9-38(39)46-43(48)51)52-42(53-40)32-17-15-30(16-18-32)37-8-2-1-6-33(37)26-45-41(50)34-7-5-21-44-25-34/h1-18,21,25,35-36,40,42,49H,19-20,22-24,26-28H2,(H,45,50)(H,46,51). The molecule has 1 amide bonds. The van der Waals surface area contributed by atoms with Crippen LogP contribution in [0.4, 0.5) is 0 Å². The summed E-state index contributed by atoms with van der Waals surface area (Å²) in [4.78, 5) is 35.1. The summed E-state index contributed by atoms with van der Waals surface area (Å²) in [5.74, 6) is -0.168. The van der Waals surface area contributed by atoms with Gasteiger partial charge in [0, 0.05) is 56.6 Å². The number of aromatic nitrogens is 3. The number of likely N-dealkylation sites (tertiary alicyclic amines) is 1. The number of fused-ring (bicyclic) bond motifs is 1. The van der Waals surface area contributed by atoms with E-state index in [1.165, 1.54) is 0 Å². The van der Waals surface area contributed by atoms with Gasteiger partial charge in [-0.1, -0.05) is 84.9 Å². The van der Waals surface area contributed by atoms with Gasteiger partial charge in [-0.2, -0.15) is 0 Å². The van der Waals surface area contributed by atoms with E-state index in [2.05, 4.69) is 50.5 Å². The van der Waals surface area contributed by atoms with Crippen LogP contribution in [0.25, 0.3) is 22.2 Å². The topological polar surface area (TPSA) is 122 Å². The molecule has 10 nitrogen and oxygen atoms in total. The smallest absolute Gasteiger partial charge is 0.326 e. The lowest BCUT2D eigenvalue weighted by Gasteiger charge is -2.40. The molecule has 8 rings (SSSR count). The van der Waals surface area contributed by atoms with Crippen molar-refractivity contribution in [1.82, 2.24) is 24.8 Å². The highest BCUT2D eigenvalue weighted by Crippen LogP contribution is 2.39. The maximum atomic E-state index is 12.9. The van der Waals surface area contributed by atoms with Crippen molar-refractivity contribution in [3.8, 4) is 11.1 Å².